The maximum atomic E-state index is 2.36. The lowest BCUT2D eigenvalue weighted by atomic mass is 9.95. The highest BCUT2D eigenvalue weighted by Crippen LogP contribution is 2.18. The van der Waals surface area contributed by atoms with Crippen LogP contribution in [-0.4, -0.2) is 0 Å². The molecule has 1 radical (unpaired) electrons. The second-order valence-electron chi connectivity index (χ2n) is 3.06. The molecule has 0 nitrogen and oxygen atoms in total. The van der Waals surface area contributed by atoms with Crippen LogP contribution in [-0.2, 0) is 0 Å². The minimum Gasteiger partial charge on any atom is -0.0882 e. The maximum Gasteiger partial charge on any atom is -0.0205 e. The van der Waals surface area contributed by atoms with Gasteiger partial charge in [0.1, 0.15) is 0 Å². The van der Waals surface area contributed by atoms with E-state index in [1.54, 1.807) is 0 Å². The topological polar surface area (TPSA) is 0 Å². The normalized spacial score (nSPS) is 30.7. The molecule has 0 aromatic carbocycles. The van der Waals surface area contributed by atoms with Gasteiger partial charge in [0.05, 0.1) is 0 Å². The van der Waals surface area contributed by atoms with Gasteiger partial charge in [-0.2, -0.15) is 0 Å². The predicted molar refractivity (Wildman–Crippen MR) is 45.7 cm³/mol. The summed E-state index contributed by atoms with van der Waals surface area (Å²) >= 11 is 0. The smallest absolute Gasteiger partial charge is 0.0205 e. The molecule has 1 rings (SSSR count). The van der Waals surface area contributed by atoms with E-state index in [1.807, 2.05) is 0 Å². The van der Waals surface area contributed by atoms with E-state index >= 15 is 0 Å². The molecule has 0 bridgehead atoms. The van der Waals surface area contributed by atoms with Crippen LogP contribution in [0.2, 0.25) is 0 Å². The molecule has 0 aromatic rings. The van der Waals surface area contributed by atoms with Crippen molar-refractivity contribution in [1.29, 1.82) is 0 Å². The van der Waals surface area contributed by atoms with Crippen LogP contribution in [0.4, 0.5) is 0 Å². The summed E-state index contributed by atoms with van der Waals surface area (Å²) in [5, 5.41) is 0. The fourth-order valence-corrected chi connectivity index (χ4v) is 1.46. The predicted octanol–water partition coefficient (Wildman–Crippen LogP) is 3.35. The van der Waals surface area contributed by atoms with Crippen molar-refractivity contribution >= 4 is 0 Å². The monoisotopic (exact) mass is 137 g/mol. The Kier molecular flexibility index (Phi) is 3.56. The summed E-state index contributed by atoms with van der Waals surface area (Å²) < 4.78 is 0. The standard InChI is InChI=1S/C10H17/c1-2-10-8-6-4-3-5-7-9-10/h2,6,8,10H,3-5,7,9H2,1H3/b8-6-. The van der Waals surface area contributed by atoms with Crippen molar-refractivity contribution in [1.82, 2.24) is 0 Å². The highest BCUT2D eigenvalue weighted by Gasteiger charge is 2.03. The Morgan fingerprint density at radius 3 is 3.00 bits per heavy atom. The minimum absolute atomic E-state index is 0.764. The Morgan fingerprint density at radius 1 is 1.30 bits per heavy atom. The Hall–Kier alpha value is -0.260. The van der Waals surface area contributed by atoms with Gasteiger partial charge in [-0.15, -0.1) is 0 Å². The molecule has 57 valence electrons. The van der Waals surface area contributed by atoms with E-state index in [4.69, 9.17) is 0 Å². The quantitative estimate of drug-likeness (QED) is 0.486. The van der Waals surface area contributed by atoms with Crippen molar-refractivity contribution in [3.63, 3.8) is 0 Å². The van der Waals surface area contributed by atoms with Gasteiger partial charge in [0.2, 0.25) is 0 Å². The van der Waals surface area contributed by atoms with Gasteiger partial charge >= 0.3 is 0 Å². The highest BCUT2D eigenvalue weighted by atomic mass is 14.1. The minimum atomic E-state index is 0.764. The van der Waals surface area contributed by atoms with Gasteiger partial charge in [-0.05, 0) is 31.6 Å². The van der Waals surface area contributed by atoms with Gasteiger partial charge < -0.3 is 0 Å². The fraction of sp³-hybridized carbons (Fsp3) is 0.700. The molecule has 1 atom stereocenters. The van der Waals surface area contributed by atoms with Gasteiger partial charge in [-0.1, -0.05) is 31.9 Å². The van der Waals surface area contributed by atoms with Gasteiger partial charge in [-0.3, -0.25) is 0 Å². The van der Waals surface area contributed by atoms with E-state index < -0.39 is 0 Å². The molecular weight excluding hydrogens is 120 g/mol. The van der Waals surface area contributed by atoms with Crippen molar-refractivity contribution in [2.75, 3.05) is 0 Å². The van der Waals surface area contributed by atoms with Crippen LogP contribution in [0.5, 0.6) is 0 Å². The Labute approximate surface area is 64.3 Å². The summed E-state index contributed by atoms with van der Waals surface area (Å²) in [7, 11) is 0. The molecular formula is C10H17. The van der Waals surface area contributed by atoms with Gasteiger partial charge in [-0.25, -0.2) is 0 Å². The molecule has 0 fully saturated rings. The second-order valence-corrected chi connectivity index (χ2v) is 3.06. The number of hydrogen-bond acceptors (Lipinski definition) is 0. The van der Waals surface area contributed by atoms with Crippen LogP contribution in [0.3, 0.4) is 0 Å². The lowest BCUT2D eigenvalue weighted by Crippen LogP contribution is -1.97. The summed E-state index contributed by atoms with van der Waals surface area (Å²) in [6.07, 6.45) is 13.9. The van der Waals surface area contributed by atoms with Gasteiger partial charge in [0, 0.05) is 0 Å². The second kappa shape index (κ2) is 4.54. The van der Waals surface area contributed by atoms with Crippen LogP contribution in [0.25, 0.3) is 0 Å². The fourth-order valence-electron chi connectivity index (χ4n) is 1.46. The van der Waals surface area contributed by atoms with E-state index in [0.29, 0.717) is 0 Å². The summed E-state index contributed by atoms with van der Waals surface area (Å²) in [5.41, 5.74) is 0. The number of allylic oxidation sites excluding steroid dienone is 2. The Balaban J connectivity index is 2.33. The highest BCUT2D eigenvalue weighted by molar-refractivity contribution is 4.94. The maximum absolute atomic E-state index is 2.36. The van der Waals surface area contributed by atoms with Crippen LogP contribution < -0.4 is 0 Å². The molecule has 1 aliphatic rings. The molecule has 0 saturated carbocycles. The summed E-state index contributed by atoms with van der Waals surface area (Å²) in [5.74, 6) is 0.764. The average molecular weight is 137 g/mol. The lowest BCUT2D eigenvalue weighted by Gasteiger charge is -2.11. The largest absolute Gasteiger partial charge is 0.0882 e. The molecule has 0 saturated heterocycles. The van der Waals surface area contributed by atoms with E-state index in [9.17, 15) is 0 Å². The number of rotatable bonds is 1. The van der Waals surface area contributed by atoms with Gasteiger partial charge in [0.15, 0.2) is 0 Å². The van der Waals surface area contributed by atoms with Crippen LogP contribution >= 0.6 is 0 Å². The van der Waals surface area contributed by atoms with E-state index in [2.05, 4.69) is 25.5 Å². The lowest BCUT2D eigenvalue weighted by molar-refractivity contribution is 0.563. The molecule has 0 heterocycles. The molecule has 0 aliphatic heterocycles. The van der Waals surface area contributed by atoms with Crippen molar-refractivity contribution in [2.45, 2.75) is 39.0 Å². The molecule has 1 aliphatic carbocycles. The van der Waals surface area contributed by atoms with Gasteiger partial charge in [0.25, 0.3) is 0 Å². The third-order valence-corrected chi connectivity index (χ3v) is 2.22. The van der Waals surface area contributed by atoms with Crippen molar-refractivity contribution in [3.8, 4) is 0 Å². The molecule has 0 spiro atoms. The number of hydrogen-bond donors (Lipinski definition) is 0. The molecule has 0 aromatic heterocycles. The zero-order valence-electron chi connectivity index (χ0n) is 6.84. The van der Waals surface area contributed by atoms with Crippen molar-refractivity contribution in [3.05, 3.63) is 18.6 Å². The van der Waals surface area contributed by atoms with Crippen LogP contribution in [0, 0.1) is 12.3 Å². The SMILES string of the molecule is C[CH]C1/C=C\CCCCC1. The third kappa shape index (κ3) is 2.55. The van der Waals surface area contributed by atoms with Crippen LogP contribution in [0.15, 0.2) is 12.2 Å². The first-order valence-electron chi connectivity index (χ1n) is 4.39. The first-order chi connectivity index (χ1) is 4.93. The van der Waals surface area contributed by atoms with Crippen LogP contribution in [0.1, 0.15) is 39.0 Å². The third-order valence-electron chi connectivity index (χ3n) is 2.22. The first kappa shape index (κ1) is 7.84. The summed E-state index contributed by atoms with van der Waals surface area (Å²) in [4.78, 5) is 0. The van der Waals surface area contributed by atoms with E-state index in [1.165, 1.54) is 32.1 Å². The summed E-state index contributed by atoms with van der Waals surface area (Å²) in [6.45, 7) is 2.16. The zero-order valence-corrected chi connectivity index (χ0v) is 6.84. The summed E-state index contributed by atoms with van der Waals surface area (Å²) in [6, 6.07) is 0. The molecule has 0 N–H and O–H groups in total. The van der Waals surface area contributed by atoms with Crippen molar-refractivity contribution in [2.24, 2.45) is 5.92 Å². The van der Waals surface area contributed by atoms with Crippen molar-refractivity contribution < 1.29 is 0 Å². The Bertz CT molecular complexity index is 103. The average Bonchev–Trinajstić information content (AvgIpc) is 1.87. The zero-order chi connectivity index (χ0) is 7.23. The first-order valence-corrected chi connectivity index (χ1v) is 4.39. The molecule has 1 unspecified atom stereocenters. The van der Waals surface area contributed by atoms with E-state index in [-0.39, 0.29) is 0 Å². The molecule has 0 heteroatoms. The van der Waals surface area contributed by atoms with E-state index in [0.717, 1.165) is 5.92 Å². The molecule has 10 heavy (non-hydrogen) atoms. The Morgan fingerprint density at radius 2 is 2.20 bits per heavy atom. The molecule has 0 amide bonds.